The predicted octanol–water partition coefficient (Wildman–Crippen LogP) is 2.58. The Hall–Kier alpha value is -2.08. The third-order valence-electron chi connectivity index (χ3n) is 5.14. The van der Waals surface area contributed by atoms with E-state index in [1.807, 2.05) is 31.0 Å². The van der Waals surface area contributed by atoms with E-state index in [1.165, 1.54) is 0 Å². The normalized spacial score (nSPS) is 16.0. The molecule has 0 aliphatic carbocycles. The summed E-state index contributed by atoms with van der Waals surface area (Å²) in [5.41, 5.74) is 1.56. The highest BCUT2D eigenvalue weighted by Gasteiger charge is 2.21. The van der Waals surface area contributed by atoms with Gasteiger partial charge in [-0.3, -0.25) is 9.69 Å². The molecule has 0 atom stereocenters. The van der Waals surface area contributed by atoms with Crippen molar-refractivity contribution in [2.45, 2.75) is 33.7 Å². The highest BCUT2D eigenvalue weighted by Crippen LogP contribution is 2.22. The van der Waals surface area contributed by atoms with Crippen LogP contribution in [0, 0.1) is 0 Å². The van der Waals surface area contributed by atoms with E-state index >= 15 is 0 Å². The van der Waals surface area contributed by atoms with Gasteiger partial charge in [0.05, 0.1) is 11.7 Å². The summed E-state index contributed by atoms with van der Waals surface area (Å²) in [6.45, 7) is 14.0. The summed E-state index contributed by atoms with van der Waals surface area (Å²) in [7, 11) is 0. The van der Waals surface area contributed by atoms with Gasteiger partial charge in [-0.15, -0.1) is 0 Å². The van der Waals surface area contributed by atoms with Crippen molar-refractivity contribution in [1.29, 1.82) is 0 Å². The maximum Gasteiger partial charge on any atom is 0.270 e. The molecule has 1 aliphatic heterocycles. The van der Waals surface area contributed by atoms with E-state index in [-0.39, 0.29) is 5.91 Å². The minimum absolute atomic E-state index is 0.0493. The number of aromatic nitrogens is 2. The van der Waals surface area contributed by atoms with Crippen LogP contribution < -0.4 is 4.90 Å². The zero-order valence-corrected chi connectivity index (χ0v) is 15.7. The van der Waals surface area contributed by atoms with Crippen LogP contribution in [0.4, 0.5) is 5.82 Å². The van der Waals surface area contributed by atoms with Crippen molar-refractivity contribution in [3.05, 3.63) is 24.0 Å². The highest BCUT2D eigenvalue weighted by atomic mass is 16.2. The maximum absolute atomic E-state index is 12.5. The lowest BCUT2D eigenvalue weighted by molar-refractivity contribution is 0.0768. The average Bonchev–Trinajstić information content (AvgIpc) is 3.06. The van der Waals surface area contributed by atoms with E-state index in [1.54, 1.807) is 0 Å². The quantitative estimate of drug-likeness (QED) is 0.907. The first-order valence-corrected chi connectivity index (χ1v) is 9.30. The summed E-state index contributed by atoms with van der Waals surface area (Å²) >= 11 is 0. The summed E-state index contributed by atoms with van der Waals surface area (Å²) in [6, 6.07) is 4.64. The molecule has 0 saturated carbocycles. The number of piperazine rings is 1. The van der Waals surface area contributed by atoms with Crippen LogP contribution in [0.2, 0.25) is 0 Å². The van der Waals surface area contributed by atoms with Crippen LogP contribution >= 0.6 is 0 Å². The lowest BCUT2D eigenvalue weighted by atomic mass is 10.2. The maximum atomic E-state index is 12.5. The second-order valence-corrected chi connectivity index (χ2v) is 6.91. The van der Waals surface area contributed by atoms with Gasteiger partial charge in [0, 0.05) is 50.7 Å². The lowest BCUT2D eigenvalue weighted by Crippen LogP contribution is -2.49. The van der Waals surface area contributed by atoms with Gasteiger partial charge in [0.2, 0.25) is 0 Å². The van der Waals surface area contributed by atoms with Crippen molar-refractivity contribution in [2.24, 2.45) is 0 Å². The van der Waals surface area contributed by atoms with Crippen molar-refractivity contribution in [3.63, 3.8) is 0 Å². The Kier molecular flexibility index (Phi) is 5.27. The molecule has 2 aromatic rings. The Morgan fingerprint density at radius 3 is 2.48 bits per heavy atom. The topological polar surface area (TPSA) is 55.5 Å². The van der Waals surface area contributed by atoms with Crippen LogP contribution in [-0.4, -0.2) is 71.0 Å². The molecule has 6 nitrogen and oxygen atoms in total. The minimum atomic E-state index is 0.0493. The second kappa shape index (κ2) is 7.44. The molecular formula is C19H29N5O. The molecule has 1 N–H and O–H groups in total. The number of hydrogen-bond donors (Lipinski definition) is 1. The van der Waals surface area contributed by atoms with Gasteiger partial charge in [0.25, 0.3) is 5.91 Å². The number of carbonyl (C=O) groups is 1. The number of hydrogen-bond acceptors (Lipinski definition) is 4. The summed E-state index contributed by atoms with van der Waals surface area (Å²) in [5, 5.41) is 1.05. The SMILES string of the molecule is CCN(CC)C(=O)c1cc2cc(N3CCN(C(C)C)CC3)ncc2[nH]1. The third kappa shape index (κ3) is 3.63. The fraction of sp³-hybridized carbons (Fsp3) is 0.579. The van der Waals surface area contributed by atoms with Gasteiger partial charge in [0.15, 0.2) is 0 Å². The molecule has 3 heterocycles. The minimum Gasteiger partial charge on any atom is -0.354 e. The van der Waals surface area contributed by atoms with Crippen LogP contribution in [0.5, 0.6) is 0 Å². The molecular weight excluding hydrogens is 314 g/mol. The van der Waals surface area contributed by atoms with E-state index in [4.69, 9.17) is 0 Å². The Bertz CT molecular complexity index is 726. The first-order valence-electron chi connectivity index (χ1n) is 9.30. The second-order valence-electron chi connectivity index (χ2n) is 6.91. The number of rotatable bonds is 5. The van der Waals surface area contributed by atoms with Crippen LogP contribution in [0.3, 0.4) is 0 Å². The average molecular weight is 343 g/mol. The number of amides is 1. The van der Waals surface area contributed by atoms with E-state index in [0.717, 1.165) is 42.9 Å². The number of fused-ring (bicyclic) bond motifs is 1. The number of nitrogens with zero attached hydrogens (tertiary/aromatic N) is 4. The van der Waals surface area contributed by atoms with Gasteiger partial charge in [0.1, 0.15) is 11.5 Å². The number of pyridine rings is 1. The zero-order valence-electron chi connectivity index (χ0n) is 15.7. The number of carbonyl (C=O) groups excluding carboxylic acids is 1. The predicted molar refractivity (Wildman–Crippen MR) is 102 cm³/mol. The van der Waals surface area contributed by atoms with Gasteiger partial charge in [-0.25, -0.2) is 4.98 Å². The molecule has 1 saturated heterocycles. The molecule has 1 amide bonds. The number of nitrogens with one attached hydrogen (secondary N) is 1. The third-order valence-corrected chi connectivity index (χ3v) is 5.14. The van der Waals surface area contributed by atoms with Gasteiger partial charge < -0.3 is 14.8 Å². The molecule has 0 spiro atoms. The Balaban J connectivity index is 1.78. The van der Waals surface area contributed by atoms with E-state index < -0.39 is 0 Å². The molecule has 0 radical (unpaired) electrons. The highest BCUT2D eigenvalue weighted by molar-refractivity contribution is 5.98. The van der Waals surface area contributed by atoms with Gasteiger partial charge >= 0.3 is 0 Å². The largest absolute Gasteiger partial charge is 0.354 e. The molecule has 0 aromatic carbocycles. The van der Waals surface area contributed by atoms with Gasteiger partial charge in [-0.2, -0.15) is 0 Å². The molecule has 25 heavy (non-hydrogen) atoms. The first kappa shape index (κ1) is 17.7. The Labute approximate surface area is 149 Å². The Morgan fingerprint density at radius 2 is 1.88 bits per heavy atom. The summed E-state index contributed by atoms with van der Waals surface area (Å²) in [6.07, 6.45) is 1.85. The van der Waals surface area contributed by atoms with Crippen molar-refractivity contribution in [3.8, 4) is 0 Å². The van der Waals surface area contributed by atoms with Crippen molar-refractivity contribution in [2.75, 3.05) is 44.2 Å². The van der Waals surface area contributed by atoms with E-state index in [9.17, 15) is 4.79 Å². The summed E-state index contributed by atoms with van der Waals surface area (Å²) in [5.74, 6) is 1.05. The molecule has 1 aliphatic rings. The molecule has 3 rings (SSSR count). The van der Waals surface area contributed by atoms with E-state index in [0.29, 0.717) is 24.8 Å². The smallest absolute Gasteiger partial charge is 0.270 e. The van der Waals surface area contributed by atoms with Gasteiger partial charge in [-0.05, 0) is 39.8 Å². The summed E-state index contributed by atoms with van der Waals surface area (Å²) in [4.78, 5) is 27.0. The number of H-pyrrole nitrogens is 1. The molecule has 1 fully saturated rings. The van der Waals surface area contributed by atoms with Crippen LogP contribution in [0.1, 0.15) is 38.2 Å². The molecule has 136 valence electrons. The van der Waals surface area contributed by atoms with E-state index in [2.05, 4.69) is 39.7 Å². The van der Waals surface area contributed by atoms with Crippen LogP contribution in [-0.2, 0) is 0 Å². The van der Waals surface area contributed by atoms with Crippen LogP contribution in [0.15, 0.2) is 18.3 Å². The number of anilines is 1. The molecule has 0 bridgehead atoms. The van der Waals surface area contributed by atoms with Crippen molar-refractivity contribution < 1.29 is 4.79 Å². The zero-order chi connectivity index (χ0) is 18.0. The van der Waals surface area contributed by atoms with Crippen molar-refractivity contribution in [1.82, 2.24) is 19.8 Å². The fourth-order valence-corrected chi connectivity index (χ4v) is 3.46. The monoisotopic (exact) mass is 343 g/mol. The molecule has 2 aromatic heterocycles. The fourth-order valence-electron chi connectivity index (χ4n) is 3.46. The summed E-state index contributed by atoms with van der Waals surface area (Å²) < 4.78 is 0. The van der Waals surface area contributed by atoms with Gasteiger partial charge in [-0.1, -0.05) is 0 Å². The molecule has 6 heteroatoms. The Morgan fingerprint density at radius 1 is 1.20 bits per heavy atom. The molecule has 0 unspecified atom stereocenters. The van der Waals surface area contributed by atoms with Crippen LogP contribution in [0.25, 0.3) is 10.9 Å². The van der Waals surface area contributed by atoms with Crippen molar-refractivity contribution >= 4 is 22.6 Å². The number of aromatic amines is 1. The standard InChI is InChI=1S/C19H29N5O/c1-5-22(6-2)19(25)16-11-15-12-18(20-13-17(15)21-16)24-9-7-23(8-10-24)14(3)4/h11-14,21H,5-10H2,1-4H3. The first-order chi connectivity index (χ1) is 12.0. The lowest BCUT2D eigenvalue weighted by Gasteiger charge is -2.37.